The van der Waals surface area contributed by atoms with Crippen LogP contribution in [0.15, 0.2) is 42.5 Å². The first-order valence-corrected chi connectivity index (χ1v) is 9.19. The number of aliphatic carboxylic acids is 1. The summed E-state index contributed by atoms with van der Waals surface area (Å²) >= 11 is 6.28. The number of carboxylic acid groups (broad SMARTS) is 1. The first-order valence-electron chi connectivity index (χ1n) is 8.81. The monoisotopic (exact) mass is 373 g/mol. The van der Waals surface area contributed by atoms with Crippen molar-refractivity contribution in [3.8, 4) is 0 Å². The molecule has 0 radical (unpaired) electrons. The van der Waals surface area contributed by atoms with Gasteiger partial charge in [-0.25, -0.2) is 0 Å². The van der Waals surface area contributed by atoms with Crippen LogP contribution in [0.3, 0.4) is 0 Å². The number of rotatable bonds is 7. The molecule has 0 fully saturated rings. The van der Waals surface area contributed by atoms with E-state index in [1.807, 2.05) is 30.1 Å². The fraction of sp³-hybridized carbons (Fsp3) is 0.381. The number of likely N-dealkylation sites (N-methyl/N-ethyl adjacent to an activating group) is 1. The Labute approximate surface area is 159 Å². The zero-order valence-corrected chi connectivity index (χ0v) is 15.9. The molecule has 0 saturated heterocycles. The summed E-state index contributed by atoms with van der Waals surface area (Å²) in [6, 6.07) is 14.4. The zero-order valence-electron chi connectivity index (χ0n) is 15.2. The molecule has 0 bridgehead atoms. The number of hydrogen-bond donors (Lipinski definition) is 1. The Hall–Kier alpha value is -1.88. The Kier molecular flexibility index (Phi) is 5.66. The largest absolute Gasteiger partial charge is 0.480 e. The molecular weight excluding hydrogens is 350 g/mol. The summed E-state index contributed by atoms with van der Waals surface area (Å²) in [4.78, 5) is 12.7. The normalized spacial score (nSPS) is 18.9. The Bertz CT molecular complexity index is 790. The van der Waals surface area contributed by atoms with E-state index in [4.69, 9.17) is 21.4 Å². The maximum absolute atomic E-state index is 10.9. The summed E-state index contributed by atoms with van der Waals surface area (Å²) < 4.78 is 6.36. The first-order chi connectivity index (χ1) is 12.4. The summed E-state index contributed by atoms with van der Waals surface area (Å²) in [7, 11) is 1.83. The van der Waals surface area contributed by atoms with Crippen molar-refractivity contribution in [2.45, 2.75) is 32.0 Å². The Balaban J connectivity index is 1.88. The van der Waals surface area contributed by atoms with Crippen LogP contribution in [0.25, 0.3) is 0 Å². The lowest BCUT2D eigenvalue weighted by atomic mass is 9.81. The van der Waals surface area contributed by atoms with Crippen LogP contribution >= 0.6 is 11.6 Å². The maximum Gasteiger partial charge on any atom is 0.317 e. The fourth-order valence-electron chi connectivity index (χ4n) is 3.65. The highest BCUT2D eigenvalue weighted by atomic mass is 35.5. The molecular formula is C21H24ClNO3. The van der Waals surface area contributed by atoms with Crippen LogP contribution in [0.1, 0.15) is 35.1 Å². The van der Waals surface area contributed by atoms with Gasteiger partial charge in [-0.1, -0.05) is 47.5 Å². The molecule has 1 aliphatic rings. The van der Waals surface area contributed by atoms with Gasteiger partial charge in [0.2, 0.25) is 0 Å². The molecule has 2 aromatic rings. The molecule has 0 saturated carbocycles. The van der Waals surface area contributed by atoms with E-state index >= 15 is 0 Å². The summed E-state index contributed by atoms with van der Waals surface area (Å²) in [6.45, 7) is 3.36. The Morgan fingerprint density at radius 1 is 1.27 bits per heavy atom. The van der Waals surface area contributed by atoms with Crippen LogP contribution in [0, 0.1) is 6.92 Å². The van der Waals surface area contributed by atoms with E-state index in [0.29, 0.717) is 18.2 Å². The van der Waals surface area contributed by atoms with Crippen LogP contribution in [0.4, 0.5) is 0 Å². The second kappa shape index (κ2) is 7.78. The van der Waals surface area contributed by atoms with E-state index in [0.717, 1.165) is 29.5 Å². The van der Waals surface area contributed by atoms with Gasteiger partial charge in [-0.15, -0.1) is 0 Å². The van der Waals surface area contributed by atoms with Crippen molar-refractivity contribution in [2.24, 2.45) is 0 Å². The Morgan fingerprint density at radius 3 is 2.69 bits per heavy atom. The van der Waals surface area contributed by atoms with E-state index in [-0.39, 0.29) is 6.54 Å². The highest BCUT2D eigenvalue weighted by Gasteiger charge is 2.41. The third-order valence-electron chi connectivity index (χ3n) is 4.97. The van der Waals surface area contributed by atoms with Crippen LogP contribution < -0.4 is 0 Å². The number of fused-ring (bicyclic) bond motifs is 1. The zero-order chi connectivity index (χ0) is 18.7. The first kappa shape index (κ1) is 18.9. The lowest BCUT2D eigenvalue weighted by Crippen LogP contribution is -2.31. The number of halogens is 1. The minimum Gasteiger partial charge on any atom is -0.480 e. The lowest BCUT2D eigenvalue weighted by molar-refractivity contribution is -0.138. The second-order valence-electron chi connectivity index (χ2n) is 7.02. The third kappa shape index (κ3) is 3.93. The number of ether oxygens (including phenoxy) is 1. The number of aryl methyl sites for hydroxylation is 1. The van der Waals surface area contributed by atoms with E-state index in [1.54, 1.807) is 0 Å². The van der Waals surface area contributed by atoms with Gasteiger partial charge < -0.3 is 9.84 Å². The van der Waals surface area contributed by atoms with Crippen LogP contribution in [-0.4, -0.2) is 36.1 Å². The van der Waals surface area contributed by atoms with E-state index in [1.165, 1.54) is 5.56 Å². The highest BCUT2D eigenvalue weighted by molar-refractivity contribution is 6.30. The van der Waals surface area contributed by atoms with Gasteiger partial charge in [-0.05, 0) is 62.2 Å². The quantitative estimate of drug-likeness (QED) is 0.789. The average molecular weight is 374 g/mol. The van der Waals surface area contributed by atoms with Gasteiger partial charge in [0.05, 0.1) is 13.2 Å². The maximum atomic E-state index is 10.9. The van der Waals surface area contributed by atoms with Crippen molar-refractivity contribution in [3.05, 3.63) is 69.7 Å². The fourth-order valence-corrected chi connectivity index (χ4v) is 3.82. The summed E-state index contributed by atoms with van der Waals surface area (Å²) in [5.74, 6) is -0.810. The SMILES string of the molecule is Cc1ccc(C2(CCCN(C)CC(=O)O)OCc3ccc(Cl)cc32)cc1. The Morgan fingerprint density at radius 2 is 2.00 bits per heavy atom. The van der Waals surface area contributed by atoms with E-state index in [9.17, 15) is 4.79 Å². The molecule has 0 amide bonds. The number of hydrogen-bond acceptors (Lipinski definition) is 3. The van der Waals surface area contributed by atoms with Gasteiger partial charge in [0.15, 0.2) is 0 Å². The topological polar surface area (TPSA) is 49.8 Å². The predicted molar refractivity (Wildman–Crippen MR) is 103 cm³/mol. The number of benzene rings is 2. The molecule has 1 heterocycles. The summed E-state index contributed by atoms with van der Waals surface area (Å²) in [6.07, 6.45) is 1.59. The van der Waals surface area contributed by atoms with Crippen LogP contribution in [0.5, 0.6) is 0 Å². The lowest BCUT2D eigenvalue weighted by Gasteiger charge is -2.31. The minimum absolute atomic E-state index is 0.0425. The minimum atomic E-state index is -0.810. The molecule has 26 heavy (non-hydrogen) atoms. The van der Waals surface area contributed by atoms with Crippen LogP contribution in [-0.2, 0) is 21.7 Å². The van der Waals surface area contributed by atoms with Crippen molar-refractivity contribution in [3.63, 3.8) is 0 Å². The van der Waals surface area contributed by atoms with Crippen molar-refractivity contribution < 1.29 is 14.6 Å². The van der Waals surface area contributed by atoms with Gasteiger partial charge >= 0.3 is 5.97 Å². The molecule has 138 valence electrons. The van der Waals surface area contributed by atoms with Gasteiger partial charge in [0.1, 0.15) is 5.60 Å². The molecule has 1 N–H and O–H groups in total. The van der Waals surface area contributed by atoms with Gasteiger partial charge in [-0.3, -0.25) is 9.69 Å². The highest BCUT2D eigenvalue weighted by Crippen LogP contribution is 2.46. The molecule has 0 aliphatic carbocycles. The molecule has 3 rings (SSSR count). The van der Waals surface area contributed by atoms with Crippen molar-refractivity contribution >= 4 is 17.6 Å². The van der Waals surface area contributed by atoms with Gasteiger partial charge in [0, 0.05) is 5.02 Å². The molecule has 1 unspecified atom stereocenters. The van der Waals surface area contributed by atoms with E-state index < -0.39 is 11.6 Å². The molecule has 0 aromatic heterocycles. The average Bonchev–Trinajstić information content (AvgIpc) is 2.94. The molecule has 1 aliphatic heterocycles. The third-order valence-corrected chi connectivity index (χ3v) is 5.21. The standard InChI is InChI=1S/C21H24ClNO3/c1-15-4-7-17(8-5-15)21(10-3-11-23(2)13-20(24)25)19-12-18(22)9-6-16(19)14-26-21/h4-9,12H,3,10-11,13-14H2,1-2H3,(H,24,25). The number of nitrogens with zero attached hydrogens (tertiary/aromatic N) is 1. The molecule has 5 heteroatoms. The van der Waals surface area contributed by atoms with Crippen molar-refractivity contribution in [2.75, 3.05) is 20.1 Å². The molecule has 2 aromatic carbocycles. The number of carboxylic acids is 1. The second-order valence-corrected chi connectivity index (χ2v) is 7.45. The summed E-state index contributed by atoms with van der Waals surface area (Å²) in [5, 5.41) is 9.63. The molecule has 1 atom stereocenters. The number of carbonyl (C=O) groups is 1. The smallest absolute Gasteiger partial charge is 0.317 e. The van der Waals surface area contributed by atoms with Crippen molar-refractivity contribution in [1.29, 1.82) is 0 Å². The molecule has 4 nitrogen and oxygen atoms in total. The van der Waals surface area contributed by atoms with E-state index in [2.05, 4.69) is 31.2 Å². The predicted octanol–water partition coefficient (Wildman–Crippen LogP) is 4.22. The van der Waals surface area contributed by atoms with Crippen molar-refractivity contribution in [1.82, 2.24) is 4.90 Å². The summed E-state index contributed by atoms with van der Waals surface area (Å²) in [5.41, 5.74) is 4.07. The van der Waals surface area contributed by atoms with Crippen LogP contribution in [0.2, 0.25) is 5.02 Å². The van der Waals surface area contributed by atoms with Gasteiger partial charge in [-0.2, -0.15) is 0 Å². The molecule has 0 spiro atoms. The van der Waals surface area contributed by atoms with Gasteiger partial charge in [0.25, 0.3) is 0 Å².